The van der Waals surface area contributed by atoms with Crippen LogP contribution in [0.4, 0.5) is 18.9 Å². The van der Waals surface area contributed by atoms with E-state index >= 15 is 0 Å². The SMILES string of the molecule is CC[C@H](NC(=O)c1cc(Cl)cc(OC(F)(F)F)c1)c1ncnn1-c1ccc(NC(C)=O)cn1.S. The van der Waals surface area contributed by atoms with Crippen LogP contribution < -0.4 is 15.4 Å². The fourth-order valence-corrected chi connectivity index (χ4v) is 3.16. The first-order valence-corrected chi connectivity index (χ1v) is 9.94. The second-order valence-corrected chi connectivity index (χ2v) is 7.21. The highest BCUT2D eigenvalue weighted by Crippen LogP contribution is 2.27. The smallest absolute Gasteiger partial charge is 0.406 e. The number of nitrogens with zero attached hydrogens (tertiary/aromatic N) is 4. The summed E-state index contributed by atoms with van der Waals surface area (Å²) in [7, 11) is 0. The van der Waals surface area contributed by atoms with Crippen molar-refractivity contribution in [1.82, 2.24) is 25.1 Å². The maximum Gasteiger partial charge on any atom is 0.573 e. The molecule has 2 N–H and O–H groups in total. The van der Waals surface area contributed by atoms with Crippen molar-refractivity contribution in [2.24, 2.45) is 0 Å². The van der Waals surface area contributed by atoms with Crippen LogP contribution in [0.15, 0.2) is 42.9 Å². The predicted octanol–water partition coefficient (Wildman–Crippen LogP) is 4.17. The summed E-state index contributed by atoms with van der Waals surface area (Å²) >= 11 is 5.85. The number of carbonyl (C=O) groups is 2. The average molecular weight is 517 g/mol. The van der Waals surface area contributed by atoms with Gasteiger partial charge in [0.25, 0.3) is 5.91 Å². The van der Waals surface area contributed by atoms with E-state index in [0.717, 1.165) is 12.1 Å². The number of rotatable bonds is 7. The zero-order chi connectivity index (χ0) is 24.2. The molecule has 2 aromatic heterocycles. The third-order valence-electron chi connectivity index (χ3n) is 4.25. The Kier molecular flexibility index (Phi) is 8.87. The molecular formula is C20H20ClF3N6O3S. The normalized spacial score (nSPS) is 11.8. The number of amides is 2. The summed E-state index contributed by atoms with van der Waals surface area (Å²) in [6.07, 6.45) is -1.82. The Bertz CT molecular complexity index is 1160. The Balaban J connectivity index is 0.00000408. The number of anilines is 1. The Morgan fingerprint density at radius 3 is 2.53 bits per heavy atom. The summed E-state index contributed by atoms with van der Waals surface area (Å²) in [5.41, 5.74) is 0.371. The Labute approximate surface area is 204 Å². The van der Waals surface area contributed by atoms with Crippen molar-refractivity contribution in [1.29, 1.82) is 0 Å². The molecule has 3 rings (SSSR count). The van der Waals surface area contributed by atoms with Crippen molar-refractivity contribution in [2.45, 2.75) is 32.7 Å². The molecule has 0 aliphatic carbocycles. The van der Waals surface area contributed by atoms with Crippen LogP contribution in [0.5, 0.6) is 5.75 Å². The van der Waals surface area contributed by atoms with Gasteiger partial charge in [-0.15, -0.1) is 13.2 Å². The molecule has 2 heterocycles. The van der Waals surface area contributed by atoms with Crippen LogP contribution in [-0.4, -0.2) is 37.9 Å². The van der Waals surface area contributed by atoms with E-state index in [1.165, 1.54) is 30.2 Å². The maximum absolute atomic E-state index is 12.8. The summed E-state index contributed by atoms with van der Waals surface area (Å²) in [5.74, 6) is -0.809. The van der Waals surface area contributed by atoms with E-state index in [1.807, 2.05) is 0 Å². The molecule has 0 bridgehead atoms. The number of halogens is 4. The summed E-state index contributed by atoms with van der Waals surface area (Å²) in [6.45, 7) is 3.16. The Hall–Kier alpha value is -3.32. The van der Waals surface area contributed by atoms with Crippen molar-refractivity contribution < 1.29 is 27.5 Å². The number of carbonyl (C=O) groups excluding carboxylic acids is 2. The van der Waals surface area contributed by atoms with Crippen LogP contribution in [0.1, 0.15) is 42.5 Å². The first-order valence-electron chi connectivity index (χ1n) is 9.57. The number of hydrogen-bond donors (Lipinski definition) is 2. The van der Waals surface area contributed by atoms with E-state index < -0.39 is 24.1 Å². The summed E-state index contributed by atoms with van der Waals surface area (Å²) in [4.78, 5) is 32.3. The molecule has 0 fully saturated rings. The number of hydrogen-bond acceptors (Lipinski definition) is 6. The zero-order valence-corrected chi connectivity index (χ0v) is 19.6. The quantitative estimate of drug-likeness (QED) is 0.487. The van der Waals surface area contributed by atoms with Gasteiger partial charge in [0, 0.05) is 17.5 Å². The lowest BCUT2D eigenvalue weighted by Gasteiger charge is -2.18. The van der Waals surface area contributed by atoms with E-state index in [4.69, 9.17) is 11.6 Å². The topological polar surface area (TPSA) is 111 Å². The van der Waals surface area contributed by atoms with Gasteiger partial charge < -0.3 is 15.4 Å². The fraction of sp³-hybridized carbons (Fsp3) is 0.250. The van der Waals surface area contributed by atoms with Gasteiger partial charge in [-0.2, -0.15) is 23.3 Å². The van der Waals surface area contributed by atoms with Crippen LogP contribution in [0.25, 0.3) is 5.82 Å². The van der Waals surface area contributed by atoms with Crippen molar-refractivity contribution in [3.05, 3.63) is 59.3 Å². The number of aromatic nitrogens is 4. The van der Waals surface area contributed by atoms with Gasteiger partial charge in [-0.25, -0.2) is 9.97 Å². The minimum Gasteiger partial charge on any atom is -0.406 e. The Morgan fingerprint density at radius 1 is 1.21 bits per heavy atom. The highest BCUT2D eigenvalue weighted by molar-refractivity contribution is 7.59. The standard InChI is InChI=1S/C20H18ClF3N6O3.H2S/c1-3-16(29-19(32)12-6-13(21)8-15(7-12)33-20(22,23)24)18-26-10-27-30(18)17-5-4-14(9-25-17)28-11(2)31;/h4-10,16H,3H2,1-2H3,(H,28,31)(H,29,32);1H2/t16-;/m0./s1. The van der Waals surface area contributed by atoms with Gasteiger partial charge in [0.15, 0.2) is 11.6 Å². The van der Waals surface area contributed by atoms with Crippen LogP contribution in [-0.2, 0) is 4.79 Å². The predicted molar refractivity (Wildman–Crippen MR) is 122 cm³/mol. The second kappa shape index (κ2) is 11.2. The van der Waals surface area contributed by atoms with E-state index in [1.54, 1.807) is 19.1 Å². The molecule has 1 atom stereocenters. The minimum absolute atomic E-state index is 0. The fourth-order valence-electron chi connectivity index (χ4n) is 2.93. The van der Waals surface area contributed by atoms with Gasteiger partial charge in [0.1, 0.15) is 12.1 Å². The van der Waals surface area contributed by atoms with Crippen LogP contribution in [0, 0.1) is 0 Å². The average Bonchev–Trinajstić information content (AvgIpc) is 3.20. The van der Waals surface area contributed by atoms with E-state index in [9.17, 15) is 22.8 Å². The molecule has 0 spiro atoms. The molecule has 0 aliphatic rings. The first kappa shape index (κ1) is 26.9. The molecule has 14 heteroatoms. The largest absolute Gasteiger partial charge is 0.573 e. The molecule has 0 aliphatic heterocycles. The van der Waals surface area contributed by atoms with Crippen molar-refractivity contribution in [3.63, 3.8) is 0 Å². The lowest BCUT2D eigenvalue weighted by Crippen LogP contribution is -2.30. The molecule has 34 heavy (non-hydrogen) atoms. The van der Waals surface area contributed by atoms with E-state index in [0.29, 0.717) is 23.8 Å². The van der Waals surface area contributed by atoms with Crippen molar-refractivity contribution in [3.8, 4) is 11.6 Å². The van der Waals surface area contributed by atoms with Gasteiger partial charge >= 0.3 is 6.36 Å². The third-order valence-corrected chi connectivity index (χ3v) is 4.47. The van der Waals surface area contributed by atoms with E-state index in [2.05, 4.69) is 30.4 Å². The summed E-state index contributed by atoms with van der Waals surface area (Å²) in [5, 5.41) is 9.34. The molecule has 3 aromatic rings. The number of pyridine rings is 1. The van der Waals surface area contributed by atoms with Crippen molar-refractivity contribution in [2.75, 3.05) is 5.32 Å². The van der Waals surface area contributed by atoms with Crippen LogP contribution >= 0.6 is 25.1 Å². The van der Waals surface area contributed by atoms with Gasteiger partial charge in [-0.3, -0.25) is 9.59 Å². The molecule has 0 radical (unpaired) electrons. The molecule has 0 unspecified atom stereocenters. The van der Waals surface area contributed by atoms with Gasteiger partial charge in [0.2, 0.25) is 5.91 Å². The Morgan fingerprint density at radius 2 is 1.94 bits per heavy atom. The zero-order valence-electron chi connectivity index (χ0n) is 17.9. The van der Waals surface area contributed by atoms with Crippen molar-refractivity contribution >= 4 is 42.6 Å². The summed E-state index contributed by atoms with van der Waals surface area (Å²) in [6, 6.07) is 5.70. The molecule has 9 nitrogen and oxygen atoms in total. The van der Waals surface area contributed by atoms with Crippen LogP contribution in [0.2, 0.25) is 5.02 Å². The summed E-state index contributed by atoms with van der Waals surface area (Å²) < 4.78 is 42.9. The van der Waals surface area contributed by atoms with E-state index in [-0.39, 0.29) is 30.0 Å². The molecular weight excluding hydrogens is 497 g/mol. The molecule has 1 aromatic carbocycles. The number of nitrogens with one attached hydrogen (secondary N) is 2. The first-order chi connectivity index (χ1) is 15.6. The number of benzene rings is 1. The number of alkyl halides is 3. The van der Waals surface area contributed by atoms with Gasteiger partial charge in [0.05, 0.1) is 17.9 Å². The molecule has 182 valence electrons. The monoisotopic (exact) mass is 516 g/mol. The van der Waals surface area contributed by atoms with Gasteiger partial charge in [-0.1, -0.05) is 18.5 Å². The maximum atomic E-state index is 12.8. The molecule has 0 saturated heterocycles. The van der Waals surface area contributed by atoms with Gasteiger partial charge in [-0.05, 0) is 36.8 Å². The third kappa shape index (κ3) is 7.09. The highest BCUT2D eigenvalue weighted by Gasteiger charge is 2.31. The number of ether oxygens (including phenoxy) is 1. The molecule has 2 amide bonds. The second-order valence-electron chi connectivity index (χ2n) is 6.77. The molecule has 0 saturated carbocycles. The lowest BCUT2D eigenvalue weighted by molar-refractivity contribution is -0.274. The minimum atomic E-state index is -4.93. The highest BCUT2D eigenvalue weighted by atomic mass is 35.5. The van der Waals surface area contributed by atoms with Crippen LogP contribution in [0.3, 0.4) is 0 Å². The lowest BCUT2D eigenvalue weighted by atomic mass is 10.1.